The van der Waals surface area contributed by atoms with Crippen LogP contribution >= 0.6 is 0 Å². The fraction of sp³-hybridized carbons (Fsp3) is 0.778. The third-order valence-electron chi connectivity index (χ3n) is 2.17. The Hall–Kier alpha value is -1.22. The van der Waals surface area contributed by atoms with Crippen LogP contribution in [0.1, 0.15) is 6.42 Å². The van der Waals surface area contributed by atoms with Gasteiger partial charge in [0.25, 0.3) is 0 Å². The third-order valence-corrected chi connectivity index (χ3v) is 2.17. The molecule has 0 bridgehead atoms. The van der Waals surface area contributed by atoms with Gasteiger partial charge in [-0.25, -0.2) is 9.59 Å². The predicted molar refractivity (Wildman–Crippen MR) is 55.4 cm³/mol. The standard InChI is InChI=1S/C5H11NO.C4H6O6/c1-6-3-2-5(7)4-6;5-1(3(7)8)2(6)4(9)10/h5,7H,2-4H2,1H3;1-2,5-6H,(H,7,8)(H,9,10)/t5-;/m0./s1. The lowest BCUT2D eigenvalue weighted by atomic mass is 10.2. The smallest absolute Gasteiger partial charge is 0.335 e. The quantitative estimate of drug-likeness (QED) is 0.373. The molecule has 5 N–H and O–H groups in total. The van der Waals surface area contributed by atoms with Gasteiger partial charge in [0.15, 0.2) is 12.2 Å². The number of carbonyl (C=O) groups is 2. The molecule has 1 rings (SSSR count). The van der Waals surface area contributed by atoms with E-state index in [0.717, 1.165) is 19.5 Å². The second kappa shape index (κ2) is 7.17. The molecule has 0 aromatic carbocycles. The van der Waals surface area contributed by atoms with E-state index in [1.807, 2.05) is 7.05 Å². The molecule has 17 heavy (non-hydrogen) atoms. The monoisotopic (exact) mass is 251 g/mol. The molecule has 3 atom stereocenters. The van der Waals surface area contributed by atoms with E-state index in [9.17, 15) is 9.59 Å². The summed E-state index contributed by atoms with van der Waals surface area (Å²) in [6.45, 7) is 1.92. The summed E-state index contributed by atoms with van der Waals surface area (Å²) in [5.74, 6) is -3.54. The summed E-state index contributed by atoms with van der Waals surface area (Å²) in [6, 6.07) is 0. The van der Waals surface area contributed by atoms with Gasteiger partial charge in [-0.3, -0.25) is 0 Å². The van der Waals surface area contributed by atoms with Crippen molar-refractivity contribution < 1.29 is 35.1 Å². The highest BCUT2D eigenvalue weighted by atomic mass is 16.4. The van der Waals surface area contributed by atoms with Gasteiger partial charge in [0.2, 0.25) is 0 Å². The van der Waals surface area contributed by atoms with Crippen molar-refractivity contribution in [1.82, 2.24) is 4.90 Å². The molecule has 1 saturated heterocycles. The van der Waals surface area contributed by atoms with Crippen LogP contribution < -0.4 is 0 Å². The molecule has 0 saturated carbocycles. The maximum atomic E-state index is 9.77. The van der Waals surface area contributed by atoms with Gasteiger partial charge in [-0.1, -0.05) is 0 Å². The van der Waals surface area contributed by atoms with E-state index in [2.05, 4.69) is 4.90 Å². The van der Waals surface area contributed by atoms with Crippen LogP contribution in [-0.4, -0.2) is 80.8 Å². The topological polar surface area (TPSA) is 139 Å². The Balaban J connectivity index is 0.000000318. The van der Waals surface area contributed by atoms with Gasteiger partial charge in [-0.05, 0) is 13.5 Å². The zero-order valence-electron chi connectivity index (χ0n) is 9.35. The van der Waals surface area contributed by atoms with Gasteiger partial charge >= 0.3 is 11.9 Å². The molecule has 0 aliphatic carbocycles. The number of likely N-dealkylation sites (N-methyl/N-ethyl adjacent to an activating group) is 1. The van der Waals surface area contributed by atoms with Gasteiger partial charge in [0.05, 0.1) is 6.10 Å². The molecule has 1 aliphatic rings. The molecule has 1 fully saturated rings. The number of likely N-dealkylation sites (tertiary alicyclic amines) is 1. The summed E-state index contributed by atoms with van der Waals surface area (Å²) < 4.78 is 0. The van der Waals surface area contributed by atoms with Crippen molar-refractivity contribution in [2.24, 2.45) is 0 Å². The molecule has 0 aromatic heterocycles. The number of carboxylic acids is 2. The summed E-state index contributed by atoms with van der Waals surface area (Å²) in [5, 5.41) is 41.4. The van der Waals surface area contributed by atoms with Crippen LogP contribution in [0.15, 0.2) is 0 Å². The van der Waals surface area contributed by atoms with Crippen LogP contribution in [0.4, 0.5) is 0 Å². The summed E-state index contributed by atoms with van der Waals surface area (Å²) in [5.41, 5.74) is 0. The fourth-order valence-electron chi connectivity index (χ4n) is 1.18. The molecular weight excluding hydrogens is 234 g/mol. The second-order valence-corrected chi connectivity index (χ2v) is 3.77. The molecule has 0 aromatic rings. The first-order chi connectivity index (χ1) is 7.75. The van der Waals surface area contributed by atoms with E-state index in [4.69, 9.17) is 25.5 Å². The molecular formula is C9H17NO7. The normalized spacial score (nSPS) is 23.4. The largest absolute Gasteiger partial charge is 0.479 e. The van der Waals surface area contributed by atoms with Crippen molar-refractivity contribution in [3.63, 3.8) is 0 Å². The number of carboxylic acid groups (broad SMARTS) is 2. The minimum absolute atomic E-state index is 0.0509. The van der Waals surface area contributed by atoms with Gasteiger partial charge in [0, 0.05) is 13.1 Å². The lowest BCUT2D eigenvalue weighted by Crippen LogP contribution is -2.39. The summed E-state index contributed by atoms with van der Waals surface area (Å²) in [6.07, 6.45) is -3.63. The zero-order chi connectivity index (χ0) is 13.6. The predicted octanol–water partition coefficient (Wildman–Crippen LogP) is -2.44. The number of nitrogens with zero attached hydrogens (tertiary/aromatic N) is 1. The number of hydrogen-bond acceptors (Lipinski definition) is 6. The Morgan fingerprint density at radius 2 is 1.59 bits per heavy atom. The van der Waals surface area contributed by atoms with E-state index >= 15 is 0 Å². The molecule has 0 radical (unpaired) electrons. The van der Waals surface area contributed by atoms with E-state index in [-0.39, 0.29) is 6.10 Å². The minimum atomic E-state index is -2.27. The molecule has 1 aliphatic heterocycles. The lowest BCUT2D eigenvalue weighted by Gasteiger charge is -2.07. The molecule has 8 nitrogen and oxygen atoms in total. The first-order valence-corrected chi connectivity index (χ1v) is 4.94. The maximum absolute atomic E-state index is 9.77. The van der Waals surface area contributed by atoms with Crippen molar-refractivity contribution in [2.75, 3.05) is 20.1 Å². The molecule has 8 heteroatoms. The molecule has 100 valence electrons. The number of aliphatic hydroxyl groups is 3. The summed E-state index contributed by atoms with van der Waals surface area (Å²) in [4.78, 5) is 21.7. The van der Waals surface area contributed by atoms with Gasteiger partial charge in [-0.2, -0.15) is 0 Å². The van der Waals surface area contributed by atoms with Crippen LogP contribution in [0.5, 0.6) is 0 Å². The van der Waals surface area contributed by atoms with Crippen LogP contribution in [0, 0.1) is 0 Å². The van der Waals surface area contributed by atoms with Crippen molar-refractivity contribution in [1.29, 1.82) is 0 Å². The van der Waals surface area contributed by atoms with Gasteiger partial charge < -0.3 is 30.4 Å². The van der Waals surface area contributed by atoms with Crippen molar-refractivity contribution in [3.8, 4) is 0 Å². The van der Waals surface area contributed by atoms with Crippen molar-refractivity contribution in [2.45, 2.75) is 24.7 Å². The Bertz CT molecular complexity index is 244. The highest BCUT2D eigenvalue weighted by molar-refractivity contribution is 5.83. The highest BCUT2D eigenvalue weighted by Crippen LogP contribution is 2.03. The average Bonchev–Trinajstić information content (AvgIpc) is 2.60. The molecule has 0 spiro atoms. The van der Waals surface area contributed by atoms with E-state index in [0.29, 0.717) is 0 Å². The third kappa shape index (κ3) is 6.17. The van der Waals surface area contributed by atoms with Crippen molar-refractivity contribution >= 4 is 11.9 Å². The summed E-state index contributed by atoms with van der Waals surface area (Å²) >= 11 is 0. The van der Waals surface area contributed by atoms with E-state index in [1.54, 1.807) is 0 Å². The first-order valence-electron chi connectivity index (χ1n) is 4.94. The number of aliphatic carboxylic acids is 2. The number of rotatable bonds is 3. The highest BCUT2D eigenvalue weighted by Gasteiger charge is 2.29. The second-order valence-electron chi connectivity index (χ2n) is 3.77. The minimum Gasteiger partial charge on any atom is -0.479 e. The summed E-state index contributed by atoms with van der Waals surface area (Å²) in [7, 11) is 2.02. The maximum Gasteiger partial charge on any atom is 0.335 e. The van der Waals surface area contributed by atoms with Crippen molar-refractivity contribution in [3.05, 3.63) is 0 Å². The average molecular weight is 251 g/mol. The number of hydrogen-bond donors (Lipinski definition) is 5. The van der Waals surface area contributed by atoms with Gasteiger partial charge in [0.1, 0.15) is 0 Å². The van der Waals surface area contributed by atoms with E-state index in [1.165, 1.54) is 0 Å². The Morgan fingerprint density at radius 3 is 1.71 bits per heavy atom. The molecule has 1 heterocycles. The van der Waals surface area contributed by atoms with E-state index < -0.39 is 24.1 Å². The van der Waals surface area contributed by atoms with Crippen LogP contribution in [0.3, 0.4) is 0 Å². The number of aliphatic hydroxyl groups excluding tert-OH is 3. The Kier molecular flexibility index (Phi) is 6.66. The molecule has 0 amide bonds. The Morgan fingerprint density at radius 1 is 1.18 bits per heavy atom. The first kappa shape index (κ1) is 15.8. The van der Waals surface area contributed by atoms with Crippen LogP contribution in [0.25, 0.3) is 0 Å². The number of β-amino-alcohol motifs (C(OH)–C–C–N with tert-alkyl or cyclic N) is 1. The van der Waals surface area contributed by atoms with Crippen LogP contribution in [0.2, 0.25) is 0 Å². The lowest BCUT2D eigenvalue weighted by molar-refractivity contribution is -0.165. The fourth-order valence-corrected chi connectivity index (χ4v) is 1.18. The SMILES string of the molecule is CN1CC[C@H](O)C1.O=C(O)C(O)C(O)C(=O)O. The Labute approximate surface area is 97.7 Å². The zero-order valence-corrected chi connectivity index (χ0v) is 9.35. The van der Waals surface area contributed by atoms with Gasteiger partial charge in [-0.15, -0.1) is 0 Å². The molecule has 2 unspecified atom stereocenters. The van der Waals surface area contributed by atoms with Crippen LogP contribution in [-0.2, 0) is 9.59 Å².